The molecule has 0 saturated heterocycles. The molecule has 6 nitrogen and oxygen atoms in total. The molecule has 1 atom stereocenters. The number of anilines is 1. The van der Waals surface area contributed by atoms with Gasteiger partial charge in [-0.15, -0.1) is 0 Å². The van der Waals surface area contributed by atoms with Crippen LogP contribution in [0.5, 0.6) is 5.75 Å². The smallest absolute Gasteiger partial charge is 0.262 e. The first-order valence-electron chi connectivity index (χ1n) is 10.0. The third kappa shape index (κ3) is 5.88. The Balaban J connectivity index is 1.65. The summed E-state index contributed by atoms with van der Waals surface area (Å²) in [6.45, 7) is 5.32. The summed E-state index contributed by atoms with van der Waals surface area (Å²) >= 11 is 6.23. The molecule has 0 fully saturated rings. The maximum Gasteiger partial charge on any atom is 0.262 e. The summed E-state index contributed by atoms with van der Waals surface area (Å²) in [7, 11) is -3.80. The second-order valence-electron chi connectivity index (χ2n) is 7.45. The van der Waals surface area contributed by atoms with Crippen LogP contribution in [0, 0.1) is 13.8 Å². The van der Waals surface area contributed by atoms with Crippen molar-refractivity contribution in [1.82, 2.24) is 4.72 Å². The molecule has 0 saturated carbocycles. The number of halogens is 1. The van der Waals surface area contributed by atoms with Crippen LogP contribution >= 0.6 is 11.6 Å². The highest BCUT2D eigenvalue weighted by Crippen LogP contribution is 2.28. The Morgan fingerprint density at radius 1 is 1.00 bits per heavy atom. The monoisotopic (exact) mass is 472 g/mol. The Morgan fingerprint density at radius 2 is 1.66 bits per heavy atom. The molecule has 8 heteroatoms. The minimum Gasteiger partial charge on any atom is -0.482 e. The molecular formula is C24H25ClN2O4S. The third-order valence-electron chi connectivity index (χ3n) is 4.95. The van der Waals surface area contributed by atoms with E-state index in [-0.39, 0.29) is 28.2 Å². The molecule has 0 aliphatic carbocycles. The van der Waals surface area contributed by atoms with E-state index in [0.29, 0.717) is 0 Å². The van der Waals surface area contributed by atoms with Gasteiger partial charge in [-0.3, -0.25) is 4.79 Å². The Labute approximate surface area is 193 Å². The largest absolute Gasteiger partial charge is 0.482 e. The summed E-state index contributed by atoms with van der Waals surface area (Å²) in [5.41, 5.74) is 3.48. The van der Waals surface area contributed by atoms with Gasteiger partial charge >= 0.3 is 0 Å². The number of rotatable bonds is 8. The summed E-state index contributed by atoms with van der Waals surface area (Å²) in [4.78, 5) is 12.3. The van der Waals surface area contributed by atoms with E-state index in [4.69, 9.17) is 16.3 Å². The zero-order valence-electron chi connectivity index (χ0n) is 18.1. The van der Waals surface area contributed by atoms with Crippen molar-refractivity contribution in [2.75, 3.05) is 11.9 Å². The number of hydrogen-bond acceptors (Lipinski definition) is 4. The van der Waals surface area contributed by atoms with Crippen molar-refractivity contribution in [2.24, 2.45) is 0 Å². The molecule has 32 heavy (non-hydrogen) atoms. The molecule has 0 heterocycles. The molecule has 168 valence electrons. The molecule has 2 N–H and O–H groups in total. The molecule has 0 bridgehead atoms. The lowest BCUT2D eigenvalue weighted by atomic mass is 10.1. The number of amides is 1. The molecule has 3 rings (SSSR count). The van der Waals surface area contributed by atoms with Crippen LogP contribution in [0.4, 0.5) is 5.69 Å². The predicted octanol–water partition coefficient (Wildman–Crippen LogP) is 5.01. The Bertz CT molecular complexity index is 1190. The van der Waals surface area contributed by atoms with Crippen LogP contribution in [0.15, 0.2) is 71.6 Å². The molecule has 3 aromatic rings. The number of para-hydroxylation sites is 1. The second-order valence-corrected chi connectivity index (χ2v) is 9.57. The van der Waals surface area contributed by atoms with E-state index in [2.05, 4.69) is 10.0 Å². The van der Waals surface area contributed by atoms with Crippen molar-refractivity contribution in [3.05, 3.63) is 88.4 Å². The van der Waals surface area contributed by atoms with Gasteiger partial charge in [0.25, 0.3) is 5.91 Å². The SMILES string of the molecule is Cc1cccc(C)c1NC(=O)COc1ccc(S(=O)(=O)N[C@H](C)c2ccccc2)cc1Cl. The average Bonchev–Trinajstić information content (AvgIpc) is 2.76. The average molecular weight is 473 g/mol. The van der Waals surface area contributed by atoms with Gasteiger partial charge < -0.3 is 10.1 Å². The number of hydrogen-bond donors (Lipinski definition) is 2. The van der Waals surface area contributed by atoms with Crippen molar-refractivity contribution < 1.29 is 17.9 Å². The summed E-state index contributed by atoms with van der Waals surface area (Å²) in [6, 6.07) is 18.7. The van der Waals surface area contributed by atoms with E-state index in [1.54, 1.807) is 6.92 Å². The van der Waals surface area contributed by atoms with Crippen LogP contribution < -0.4 is 14.8 Å². The zero-order valence-corrected chi connectivity index (χ0v) is 19.6. The summed E-state index contributed by atoms with van der Waals surface area (Å²) in [5.74, 6) is -0.119. The highest BCUT2D eigenvalue weighted by Gasteiger charge is 2.20. The summed E-state index contributed by atoms with van der Waals surface area (Å²) < 4.78 is 33.6. The van der Waals surface area contributed by atoms with Crippen LogP contribution in [0.1, 0.15) is 29.7 Å². The molecule has 0 radical (unpaired) electrons. The fourth-order valence-corrected chi connectivity index (χ4v) is 4.76. The summed E-state index contributed by atoms with van der Waals surface area (Å²) in [5, 5.41) is 2.93. The van der Waals surface area contributed by atoms with E-state index in [1.807, 2.05) is 62.4 Å². The van der Waals surface area contributed by atoms with Crippen molar-refractivity contribution >= 4 is 33.2 Å². The zero-order chi connectivity index (χ0) is 23.3. The number of carbonyl (C=O) groups is 1. The van der Waals surface area contributed by atoms with E-state index in [1.165, 1.54) is 18.2 Å². The summed E-state index contributed by atoms with van der Waals surface area (Å²) in [6.07, 6.45) is 0. The molecular weight excluding hydrogens is 448 g/mol. The number of nitrogens with one attached hydrogen (secondary N) is 2. The maximum absolute atomic E-state index is 12.7. The Kier molecular flexibility index (Phi) is 7.56. The van der Waals surface area contributed by atoms with Crippen molar-refractivity contribution in [1.29, 1.82) is 0 Å². The van der Waals surface area contributed by atoms with E-state index in [0.717, 1.165) is 22.4 Å². The lowest BCUT2D eigenvalue weighted by Gasteiger charge is -2.16. The van der Waals surface area contributed by atoms with Gasteiger partial charge in [-0.2, -0.15) is 0 Å². The number of benzene rings is 3. The first-order chi connectivity index (χ1) is 15.2. The number of carbonyl (C=O) groups excluding carboxylic acids is 1. The second kappa shape index (κ2) is 10.2. The fraction of sp³-hybridized carbons (Fsp3) is 0.208. The first kappa shape index (κ1) is 23.8. The maximum atomic E-state index is 12.7. The van der Waals surface area contributed by atoms with Crippen molar-refractivity contribution in [3.63, 3.8) is 0 Å². The van der Waals surface area contributed by atoms with Gasteiger partial charge in [-0.05, 0) is 55.7 Å². The molecule has 0 aliphatic rings. The van der Waals surface area contributed by atoms with Crippen LogP contribution in [0.3, 0.4) is 0 Å². The van der Waals surface area contributed by atoms with Crippen LogP contribution in [-0.2, 0) is 14.8 Å². The fourth-order valence-electron chi connectivity index (χ4n) is 3.21. The molecule has 0 aliphatic heterocycles. The minimum atomic E-state index is -3.80. The van der Waals surface area contributed by atoms with Gasteiger partial charge in [-0.1, -0.05) is 60.1 Å². The number of ether oxygens (including phenoxy) is 1. The Hall–Kier alpha value is -2.87. The van der Waals surface area contributed by atoms with Gasteiger partial charge in [0.05, 0.1) is 9.92 Å². The standard InChI is InChI=1S/C24H25ClN2O4S/c1-16-8-7-9-17(2)24(16)26-23(28)15-31-22-13-12-20(14-21(22)25)32(29,30)27-18(3)19-10-5-4-6-11-19/h4-14,18,27H,15H2,1-3H3,(H,26,28)/t18-/m1/s1. The van der Waals surface area contributed by atoms with Gasteiger partial charge in [0.1, 0.15) is 5.75 Å². The van der Waals surface area contributed by atoms with Gasteiger partial charge in [0, 0.05) is 11.7 Å². The van der Waals surface area contributed by atoms with Gasteiger partial charge in [-0.25, -0.2) is 13.1 Å². The minimum absolute atomic E-state index is 0.0117. The van der Waals surface area contributed by atoms with Crippen molar-refractivity contribution in [3.8, 4) is 5.75 Å². The van der Waals surface area contributed by atoms with E-state index >= 15 is 0 Å². The highest BCUT2D eigenvalue weighted by atomic mass is 35.5. The molecule has 0 unspecified atom stereocenters. The lowest BCUT2D eigenvalue weighted by Crippen LogP contribution is -2.27. The lowest BCUT2D eigenvalue weighted by molar-refractivity contribution is -0.118. The van der Waals surface area contributed by atoms with E-state index < -0.39 is 16.1 Å². The van der Waals surface area contributed by atoms with Crippen molar-refractivity contribution in [2.45, 2.75) is 31.7 Å². The van der Waals surface area contributed by atoms with Crippen LogP contribution in [-0.4, -0.2) is 20.9 Å². The normalized spacial score (nSPS) is 12.2. The molecule has 0 aromatic heterocycles. The molecule has 1 amide bonds. The molecule has 3 aromatic carbocycles. The topological polar surface area (TPSA) is 84.5 Å². The highest BCUT2D eigenvalue weighted by molar-refractivity contribution is 7.89. The predicted molar refractivity (Wildman–Crippen MR) is 127 cm³/mol. The third-order valence-corrected chi connectivity index (χ3v) is 6.78. The first-order valence-corrected chi connectivity index (χ1v) is 11.9. The van der Waals surface area contributed by atoms with Gasteiger partial charge in [0.15, 0.2) is 6.61 Å². The number of sulfonamides is 1. The van der Waals surface area contributed by atoms with E-state index in [9.17, 15) is 13.2 Å². The van der Waals surface area contributed by atoms with Gasteiger partial charge in [0.2, 0.25) is 10.0 Å². The Morgan fingerprint density at radius 3 is 2.28 bits per heavy atom. The molecule has 0 spiro atoms. The number of aryl methyl sites for hydroxylation is 2. The van der Waals surface area contributed by atoms with Crippen LogP contribution in [0.25, 0.3) is 0 Å². The quantitative estimate of drug-likeness (QED) is 0.482. The van der Waals surface area contributed by atoms with Crippen LogP contribution in [0.2, 0.25) is 5.02 Å².